The van der Waals surface area contributed by atoms with Gasteiger partial charge in [0.25, 0.3) is 0 Å². The highest BCUT2D eigenvalue weighted by Crippen LogP contribution is 2.20. The quantitative estimate of drug-likeness (QED) is 0.710. The van der Waals surface area contributed by atoms with E-state index in [1.807, 2.05) is 6.92 Å². The minimum absolute atomic E-state index is 0.0480. The minimum atomic E-state index is -0.0480. The molecule has 1 atom stereocenters. The number of nitrogens with one attached hydrogen (secondary N) is 1. The topological polar surface area (TPSA) is 49.4 Å². The van der Waals surface area contributed by atoms with E-state index in [9.17, 15) is 9.59 Å². The fourth-order valence-electron chi connectivity index (χ4n) is 2.16. The van der Waals surface area contributed by atoms with Gasteiger partial charge >= 0.3 is 0 Å². The van der Waals surface area contributed by atoms with Crippen LogP contribution in [0.1, 0.15) is 32.6 Å². The van der Waals surface area contributed by atoms with Crippen LogP contribution in [0.15, 0.2) is 0 Å². The van der Waals surface area contributed by atoms with Crippen LogP contribution >= 0.6 is 0 Å². The predicted octanol–water partition coefficient (Wildman–Crippen LogP) is 0.564. The third kappa shape index (κ3) is 2.82. The molecular weight excluding hydrogens is 204 g/mol. The van der Waals surface area contributed by atoms with Crippen LogP contribution in [0.3, 0.4) is 0 Å². The molecule has 0 aromatic rings. The van der Waals surface area contributed by atoms with Gasteiger partial charge in [0.05, 0.1) is 6.04 Å². The lowest BCUT2D eigenvalue weighted by Crippen LogP contribution is -2.48. The molecule has 1 amide bonds. The van der Waals surface area contributed by atoms with E-state index in [0.717, 1.165) is 45.1 Å². The molecule has 0 aromatic heterocycles. The van der Waals surface area contributed by atoms with Gasteiger partial charge in [0.1, 0.15) is 6.29 Å². The molecule has 0 aromatic carbocycles. The lowest BCUT2D eigenvalue weighted by atomic mass is 9.97. The van der Waals surface area contributed by atoms with Gasteiger partial charge < -0.3 is 10.1 Å². The molecule has 1 saturated carbocycles. The first kappa shape index (κ1) is 11.6. The number of aldehydes is 1. The van der Waals surface area contributed by atoms with E-state index in [1.165, 1.54) is 0 Å². The molecule has 0 bridgehead atoms. The van der Waals surface area contributed by atoms with Gasteiger partial charge in [-0.1, -0.05) is 0 Å². The van der Waals surface area contributed by atoms with Crippen LogP contribution in [0.5, 0.6) is 0 Å². The summed E-state index contributed by atoms with van der Waals surface area (Å²) < 4.78 is 0. The number of carbonyl (C=O) groups excluding carboxylic acids is 2. The van der Waals surface area contributed by atoms with Gasteiger partial charge in [-0.3, -0.25) is 9.69 Å². The maximum Gasteiger partial charge on any atom is 0.237 e. The minimum Gasteiger partial charge on any atom is -0.352 e. The summed E-state index contributed by atoms with van der Waals surface area (Å²) in [5.41, 5.74) is 0. The Balaban J connectivity index is 1.78. The first-order valence-corrected chi connectivity index (χ1v) is 6.20. The van der Waals surface area contributed by atoms with Crippen molar-refractivity contribution in [3.8, 4) is 0 Å². The highest BCUT2D eigenvalue weighted by Gasteiger charge is 2.30. The van der Waals surface area contributed by atoms with Crippen molar-refractivity contribution in [2.45, 2.75) is 44.7 Å². The second kappa shape index (κ2) is 4.95. The van der Waals surface area contributed by atoms with Gasteiger partial charge in [-0.25, -0.2) is 0 Å². The van der Waals surface area contributed by atoms with Gasteiger partial charge in [0.15, 0.2) is 0 Å². The van der Waals surface area contributed by atoms with Gasteiger partial charge in [0.2, 0.25) is 5.91 Å². The Kier molecular flexibility index (Phi) is 3.59. The van der Waals surface area contributed by atoms with Crippen molar-refractivity contribution in [1.29, 1.82) is 0 Å². The van der Waals surface area contributed by atoms with Crippen molar-refractivity contribution in [1.82, 2.24) is 10.2 Å². The summed E-state index contributed by atoms with van der Waals surface area (Å²) in [6.45, 7) is 3.68. The summed E-state index contributed by atoms with van der Waals surface area (Å²) in [4.78, 5) is 24.6. The Hall–Kier alpha value is -0.900. The molecule has 1 aliphatic carbocycles. The Labute approximate surface area is 96.4 Å². The Bertz CT molecular complexity index is 268. The second-order valence-corrected chi connectivity index (χ2v) is 4.97. The molecule has 2 fully saturated rings. The van der Waals surface area contributed by atoms with Crippen molar-refractivity contribution < 1.29 is 9.59 Å². The van der Waals surface area contributed by atoms with Crippen LogP contribution < -0.4 is 5.32 Å². The van der Waals surface area contributed by atoms with E-state index >= 15 is 0 Å². The average Bonchev–Trinajstić information content (AvgIpc) is 3.12. The fourth-order valence-corrected chi connectivity index (χ4v) is 2.16. The molecule has 2 rings (SSSR count). The molecule has 16 heavy (non-hydrogen) atoms. The number of amides is 1. The van der Waals surface area contributed by atoms with Crippen molar-refractivity contribution in [2.75, 3.05) is 13.1 Å². The summed E-state index contributed by atoms with van der Waals surface area (Å²) in [5, 5.41) is 3.03. The number of hydrogen-bond donors (Lipinski definition) is 1. The monoisotopic (exact) mass is 224 g/mol. The molecule has 4 heteroatoms. The Morgan fingerprint density at radius 1 is 1.31 bits per heavy atom. The van der Waals surface area contributed by atoms with Crippen LogP contribution in [0.2, 0.25) is 0 Å². The Morgan fingerprint density at radius 3 is 2.44 bits per heavy atom. The van der Waals surface area contributed by atoms with E-state index in [2.05, 4.69) is 10.2 Å². The summed E-state index contributed by atoms with van der Waals surface area (Å²) in [6, 6.07) is 0.385. The van der Waals surface area contributed by atoms with Crippen LogP contribution in [-0.2, 0) is 9.59 Å². The second-order valence-electron chi connectivity index (χ2n) is 4.97. The molecule has 1 unspecified atom stereocenters. The SMILES string of the molecule is CC(C(=O)NC1CC1)N1CCC(C=O)CC1. The molecule has 1 aliphatic heterocycles. The van der Waals surface area contributed by atoms with Crippen molar-refractivity contribution in [3.63, 3.8) is 0 Å². The molecule has 1 N–H and O–H groups in total. The zero-order valence-electron chi connectivity index (χ0n) is 9.82. The van der Waals surface area contributed by atoms with E-state index < -0.39 is 0 Å². The molecule has 2 aliphatic rings. The van der Waals surface area contributed by atoms with Crippen molar-refractivity contribution in [2.24, 2.45) is 5.92 Å². The largest absolute Gasteiger partial charge is 0.352 e. The fraction of sp³-hybridized carbons (Fsp3) is 0.833. The highest BCUT2D eigenvalue weighted by molar-refractivity contribution is 5.81. The summed E-state index contributed by atoms with van der Waals surface area (Å²) in [7, 11) is 0. The lowest BCUT2D eigenvalue weighted by molar-refractivity contribution is -0.126. The van der Waals surface area contributed by atoms with Gasteiger partial charge in [-0.15, -0.1) is 0 Å². The van der Waals surface area contributed by atoms with E-state index in [4.69, 9.17) is 0 Å². The summed E-state index contributed by atoms with van der Waals surface area (Å²) >= 11 is 0. The predicted molar refractivity (Wildman–Crippen MR) is 61.0 cm³/mol. The van der Waals surface area contributed by atoms with E-state index in [0.29, 0.717) is 6.04 Å². The normalized spacial score (nSPS) is 25.1. The van der Waals surface area contributed by atoms with Crippen LogP contribution in [-0.4, -0.2) is 42.3 Å². The lowest BCUT2D eigenvalue weighted by Gasteiger charge is -2.33. The van der Waals surface area contributed by atoms with Crippen LogP contribution in [0, 0.1) is 5.92 Å². The summed E-state index contributed by atoms with van der Waals surface area (Å²) in [6.07, 6.45) is 5.10. The van der Waals surface area contributed by atoms with Gasteiger partial charge in [0, 0.05) is 12.0 Å². The molecule has 1 saturated heterocycles. The van der Waals surface area contributed by atoms with Crippen molar-refractivity contribution >= 4 is 12.2 Å². The van der Waals surface area contributed by atoms with Gasteiger partial charge in [-0.2, -0.15) is 0 Å². The third-order valence-electron chi connectivity index (χ3n) is 3.62. The number of carbonyl (C=O) groups is 2. The third-order valence-corrected chi connectivity index (χ3v) is 3.62. The maximum absolute atomic E-state index is 11.8. The number of hydrogen-bond acceptors (Lipinski definition) is 3. The van der Waals surface area contributed by atoms with E-state index in [1.54, 1.807) is 0 Å². The molecule has 0 spiro atoms. The number of likely N-dealkylation sites (tertiary alicyclic amines) is 1. The van der Waals surface area contributed by atoms with Crippen molar-refractivity contribution in [3.05, 3.63) is 0 Å². The highest BCUT2D eigenvalue weighted by atomic mass is 16.2. The first-order valence-electron chi connectivity index (χ1n) is 6.20. The summed E-state index contributed by atoms with van der Waals surface area (Å²) in [5.74, 6) is 0.349. The van der Waals surface area contributed by atoms with Crippen LogP contribution in [0.25, 0.3) is 0 Å². The average molecular weight is 224 g/mol. The number of piperidine rings is 1. The van der Waals surface area contributed by atoms with E-state index in [-0.39, 0.29) is 17.9 Å². The zero-order valence-corrected chi connectivity index (χ0v) is 9.82. The molecule has 4 nitrogen and oxygen atoms in total. The van der Waals surface area contributed by atoms with Gasteiger partial charge in [-0.05, 0) is 45.7 Å². The standard InChI is InChI=1S/C12H20N2O2/c1-9(12(16)13-11-2-3-11)14-6-4-10(8-15)5-7-14/h8-11H,2-7H2,1H3,(H,13,16). The first-order chi connectivity index (χ1) is 7.70. The molecular formula is C12H20N2O2. The smallest absolute Gasteiger partial charge is 0.237 e. The molecule has 1 heterocycles. The Morgan fingerprint density at radius 2 is 1.94 bits per heavy atom. The zero-order chi connectivity index (χ0) is 11.5. The van der Waals surface area contributed by atoms with Crippen LogP contribution in [0.4, 0.5) is 0 Å². The molecule has 90 valence electrons. The number of nitrogens with zero attached hydrogens (tertiary/aromatic N) is 1. The number of rotatable bonds is 4. The molecule has 0 radical (unpaired) electrons. The maximum atomic E-state index is 11.8.